The fourth-order valence-corrected chi connectivity index (χ4v) is 5.42. The predicted octanol–water partition coefficient (Wildman–Crippen LogP) is 5.84. The van der Waals surface area contributed by atoms with Gasteiger partial charge < -0.3 is 29.4 Å². The van der Waals surface area contributed by atoms with Crippen molar-refractivity contribution in [2.24, 2.45) is 11.8 Å². The van der Waals surface area contributed by atoms with Crippen LogP contribution in [0.5, 0.6) is 0 Å². The van der Waals surface area contributed by atoms with Gasteiger partial charge in [-0.2, -0.15) is 11.8 Å². The number of hydrogen-bond donors (Lipinski definition) is 2. The highest BCUT2D eigenvalue weighted by atomic mass is 32.2. The molecule has 0 radical (unpaired) electrons. The van der Waals surface area contributed by atoms with E-state index in [1.54, 1.807) is 6.92 Å². The molecule has 0 aliphatic carbocycles. The highest BCUT2D eigenvalue weighted by Gasteiger charge is 2.34. The second-order valence-corrected chi connectivity index (χ2v) is 14.9. The van der Waals surface area contributed by atoms with Gasteiger partial charge in [-0.3, -0.25) is 19.2 Å². The zero-order chi connectivity index (χ0) is 36.3. The van der Waals surface area contributed by atoms with Crippen molar-refractivity contribution in [1.82, 2.24) is 5.32 Å². The Morgan fingerprint density at radius 3 is 1.50 bits per heavy atom. The number of thioether (sulfide) groups is 1. The maximum absolute atomic E-state index is 13.3. The Morgan fingerprint density at radius 1 is 0.717 bits per heavy atom. The van der Waals surface area contributed by atoms with Gasteiger partial charge >= 0.3 is 0 Å². The van der Waals surface area contributed by atoms with E-state index in [0.717, 1.165) is 7.11 Å². The summed E-state index contributed by atoms with van der Waals surface area (Å²) in [5.74, 6) is -0.178. The molecule has 0 heterocycles. The molecule has 11 heteroatoms. The number of hydrogen-bond acceptors (Lipinski definition) is 10. The van der Waals surface area contributed by atoms with Gasteiger partial charge in [-0.15, -0.1) is 0 Å². The van der Waals surface area contributed by atoms with Crippen LogP contribution in [0.15, 0.2) is 0 Å². The van der Waals surface area contributed by atoms with Crippen molar-refractivity contribution >= 4 is 35.0 Å². The molecule has 0 bridgehead atoms. The molecular formula is C35H69NO9S. The molecule has 2 N–H and O–H groups in total. The van der Waals surface area contributed by atoms with Crippen LogP contribution in [0.1, 0.15) is 115 Å². The number of carbonyl (C=O) groups is 4. The second-order valence-electron chi connectivity index (χ2n) is 12.6. The van der Waals surface area contributed by atoms with E-state index in [9.17, 15) is 19.2 Å². The van der Waals surface area contributed by atoms with Gasteiger partial charge in [0, 0.05) is 49.4 Å². The van der Waals surface area contributed by atoms with Gasteiger partial charge in [0.15, 0.2) is 0 Å². The average Bonchev–Trinajstić information content (AvgIpc) is 2.99. The zero-order valence-corrected chi connectivity index (χ0v) is 32.2. The molecule has 0 rings (SSSR count). The minimum absolute atomic E-state index is 0.0390. The van der Waals surface area contributed by atoms with Crippen LogP contribution in [0, 0.1) is 11.8 Å². The van der Waals surface area contributed by atoms with Crippen LogP contribution < -0.4 is 5.32 Å². The van der Waals surface area contributed by atoms with Crippen molar-refractivity contribution in [2.45, 2.75) is 137 Å². The Bertz CT molecular complexity index is 788. The Balaban J connectivity index is -0.00000443. The first-order valence-electron chi connectivity index (χ1n) is 16.9. The third-order valence-electron chi connectivity index (χ3n) is 6.48. The second kappa shape index (κ2) is 28.6. The lowest BCUT2D eigenvalue weighted by Gasteiger charge is -2.35. The summed E-state index contributed by atoms with van der Waals surface area (Å²) in [5.41, 5.74) is -1.08. The topological polar surface area (TPSA) is 137 Å². The molecule has 0 aliphatic rings. The molecule has 0 aromatic rings. The summed E-state index contributed by atoms with van der Waals surface area (Å²) in [4.78, 5) is 49.3. The Kier molecular flexibility index (Phi) is 30.5. The number of amides is 1. The highest BCUT2D eigenvalue weighted by molar-refractivity contribution is 8.01. The van der Waals surface area contributed by atoms with Gasteiger partial charge in [-0.25, -0.2) is 0 Å². The molecule has 0 saturated heterocycles. The first-order valence-corrected chi connectivity index (χ1v) is 17.8. The molecule has 0 saturated carbocycles. The Morgan fingerprint density at radius 2 is 1.13 bits per heavy atom. The summed E-state index contributed by atoms with van der Waals surface area (Å²) in [5, 5.41) is 10.5. The van der Waals surface area contributed by atoms with Crippen molar-refractivity contribution < 1.29 is 43.2 Å². The first kappa shape index (κ1) is 49.0. The fraction of sp³-hybridized carbons (Fsp3) is 0.886. The van der Waals surface area contributed by atoms with E-state index in [-0.39, 0.29) is 111 Å². The monoisotopic (exact) mass is 679 g/mol. The van der Waals surface area contributed by atoms with E-state index in [0.29, 0.717) is 18.3 Å². The van der Waals surface area contributed by atoms with Gasteiger partial charge in [0.05, 0.1) is 58.8 Å². The number of aliphatic hydroxyl groups excluding tert-OH is 1. The van der Waals surface area contributed by atoms with E-state index in [1.807, 2.05) is 60.2 Å². The van der Waals surface area contributed by atoms with Crippen molar-refractivity contribution in [3.8, 4) is 0 Å². The van der Waals surface area contributed by atoms with Gasteiger partial charge in [0.2, 0.25) is 5.91 Å². The third-order valence-corrected chi connectivity index (χ3v) is 7.70. The van der Waals surface area contributed by atoms with E-state index < -0.39 is 5.54 Å². The summed E-state index contributed by atoms with van der Waals surface area (Å²) >= 11 is 1.82. The van der Waals surface area contributed by atoms with E-state index in [2.05, 4.69) is 33.0 Å². The van der Waals surface area contributed by atoms with E-state index in [4.69, 9.17) is 24.1 Å². The highest BCUT2D eigenvalue weighted by Crippen LogP contribution is 2.29. The van der Waals surface area contributed by atoms with Crippen LogP contribution in [-0.2, 0) is 38.1 Å². The van der Waals surface area contributed by atoms with E-state index >= 15 is 0 Å². The van der Waals surface area contributed by atoms with E-state index in [1.165, 1.54) is 0 Å². The minimum atomic E-state index is -1.08. The Labute approximate surface area is 285 Å². The standard InChI is InChI=1S/C32H59NO8S.C2H6.CH4O/c1-11-27(34)12-15-38-20-32(21-39-16-13-28(35)23(2)3,22-40-17-14-29(36)24(4)5)33-30(37)18-26(8)41-19-31(9,10)42-25(6)7;2*1-2/h23-26H,11-22H2,1-10H3,(H,33,37);1-2H3;2H,1H3. The van der Waals surface area contributed by atoms with Crippen molar-refractivity contribution in [3.63, 3.8) is 0 Å². The molecule has 274 valence electrons. The van der Waals surface area contributed by atoms with Crippen LogP contribution in [0.3, 0.4) is 0 Å². The number of Topliss-reactive ketones (excluding diaryl/α,β-unsaturated/α-hetero) is 3. The smallest absolute Gasteiger partial charge is 0.223 e. The molecule has 10 nitrogen and oxygen atoms in total. The van der Waals surface area contributed by atoms with Crippen LogP contribution >= 0.6 is 11.8 Å². The summed E-state index contributed by atoms with van der Waals surface area (Å²) < 4.78 is 23.6. The largest absolute Gasteiger partial charge is 0.400 e. The Hall–Kier alpha value is -1.37. The fourth-order valence-electron chi connectivity index (χ4n) is 4.00. The lowest BCUT2D eigenvalue weighted by Crippen LogP contribution is -2.59. The van der Waals surface area contributed by atoms with Gasteiger partial charge in [-0.1, -0.05) is 62.3 Å². The van der Waals surface area contributed by atoms with Crippen LogP contribution in [0.4, 0.5) is 0 Å². The average molecular weight is 680 g/mol. The van der Waals surface area contributed by atoms with Crippen molar-refractivity contribution in [2.75, 3.05) is 53.4 Å². The maximum atomic E-state index is 13.3. The summed E-state index contributed by atoms with van der Waals surface area (Å²) in [6, 6.07) is 0. The van der Waals surface area contributed by atoms with Crippen LogP contribution in [0.2, 0.25) is 0 Å². The lowest BCUT2D eigenvalue weighted by atomic mass is 10.0. The zero-order valence-electron chi connectivity index (χ0n) is 31.4. The summed E-state index contributed by atoms with van der Waals surface area (Å²) in [6.07, 6.45) is 1.00. The summed E-state index contributed by atoms with van der Waals surface area (Å²) in [7, 11) is 1.00. The summed E-state index contributed by atoms with van der Waals surface area (Å²) in [6.45, 7) is 24.8. The SMILES string of the molecule is CC.CCC(=O)CCOCC(COCCC(=O)C(C)C)(COCCC(=O)C(C)C)NC(=O)CC(C)OCC(C)(C)SC(C)C.CO. The first-order chi connectivity index (χ1) is 21.5. The van der Waals surface area contributed by atoms with Crippen molar-refractivity contribution in [1.29, 1.82) is 0 Å². The van der Waals surface area contributed by atoms with Crippen molar-refractivity contribution in [3.05, 3.63) is 0 Å². The normalized spacial score (nSPS) is 12.3. The number of ether oxygens (including phenoxy) is 4. The molecular weight excluding hydrogens is 610 g/mol. The van der Waals surface area contributed by atoms with Gasteiger partial charge in [-0.05, 0) is 26.0 Å². The van der Waals surface area contributed by atoms with Crippen LogP contribution in [0.25, 0.3) is 0 Å². The molecule has 0 aromatic heterocycles. The molecule has 1 amide bonds. The number of nitrogens with one attached hydrogen (secondary N) is 1. The molecule has 1 unspecified atom stereocenters. The number of ketones is 3. The minimum Gasteiger partial charge on any atom is -0.400 e. The third kappa shape index (κ3) is 26.7. The van der Waals surface area contributed by atoms with Gasteiger partial charge in [0.25, 0.3) is 0 Å². The molecule has 1 atom stereocenters. The number of aliphatic hydroxyl groups is 1. The van der Waals surface area contributed by atoms with Gasteiger partial charge in [0.1, 0.15) is 22.9 Å². The maximum Gasteiger partial charge on any atom is 0.223 e. The molecule has 0 fully saturated rings. The van der Waals surface area contributed by atoms with Crippen LogP contribution in [-0.4, -0.2) is 103 Å². The number of rotatable bonds is 26. The molecule has 46 heavy (non-hydrogen) atoms. The molecule has 0 spiro atoms. The molecule has 0 aliphatic heterocycles. The molecule has 0 aromatic carbocycles. The predicted molar refractivity (Wildman–Crippen MR) is 188 cm³/mol. The number of carbonyl (C=O) groups excluding carboxylic acids is 4. The quantitative estimate of drug-likeness (QED) is 0.107. The lowest BCUT2D eigenvalue weighted by molar-refractivity contribution is -0.132.